The third-order valence-electron chi connectivity index (χ3n) is 6.78. The number of aromatic nitrogens is 2. The Morgan fingerprint density at radius 2 is 1.80 bits per heavy atom. The molecular weight excluding hydrogens is 542 g/mol. The summed E-state index contributed by atoms with van der Waals surface area (Å²) in [6.07, 6.45) is 6.07. The van der Waals surface area contributed by atoms with E-state index in [1.807, 2.05) is 13.0 Å². The molecule has 0 saturated carbocycles. The maximum absolute atomic E-state index is 13.6. The van der Waals surface area contributed by atoms with Crippen LogP contribution in [0.15, 0.2) is 66.5 Å². The summed E-state index contributed by atoms with van der Waals surface area (Å²) < 4.78 is 18.1. The SMILES string of the molecule is CCCCCOc1ccc(C2/C(=C(\O)c3ccncc3)C(=O)C(=O)N2c2nc3ccc(OC)cc3s2)cc1OCC. The van der Waals surface area contributed by atoms with Gasteiger partial charge in [-0.25, -0.2) is 4.98 Å². The molecule has 0 bridgehead atoms. The Labute approximate surface area is 242 Å². The van der Waals surface area contributed by atoms with Crippen molar-refractivity contribution in [3.05, 3.63) is 77.6 Å². The number of thiazole rings is 1. The van der Waals surface area contributed by atoms with Crippen molar-refractivity contribution < 1.29 is 28.9 Å². The first-order valence-corrected chi connectivity index (χ1v) is 14.3. The van der Waals surface area contributed by atoms with E-state index in [2.05, 4.69) is 16.9 Å². The molecule has 10 heteroatoms. The number of hydrogen-bond acceptors (Lipinski definition) is 9. The minimum atomic E-state index is -0.959. The summed E-state index contributed by atoms with van der Waals surface area (Å²) in [7, 11) is 1.58. The Morgan fingerprint density at radius 1 is 1.00 bits per heavy atom. The fourth-order valence-electron chi connectivity index (χ4n) is 4.75. The second-order valence-corrected chi connectivity index (χ2v) is 10.4. The van der Waals surface area contributed by atoms with Gasteiger partial charge in [-0.2, -0.15) is 0 Å². The molecule has 5 rings (SSSR count). The summed E-state index contributed by atoms with van der Waals surface area (Å²) in [5.41, 5.74) is 1.56. The van der Waals surface area contributed by atoms with Gasteiger partial charge < -0.3 is 19.3 Å². The van der Waals surface area contributed by atoms with Crippen molar-refractivity contribution in [1.82, 2.24) is 9.97 Å². The van der Waals surface area contributed by atoms with Gasteiger partial charge in [0.25, 0.3) is 5.78 Å². The van der Waals surface area contributed by atoms with Crippen molar-refractivity contribution in [3.8, 4) is 17.2 Å². The van der Waals surface area contributed by atoms with Crippen LogP contribution in [0.2, 0.25) is 0 Å². The lowest BCUT2D eigenvalue weighted by atomic mass is 9.95. The summed E-state index contributed by atoms with van der Waals surface area (Å²) in [5.74, 6) is -0.165. The lowest BCUT2D eigenvalue weighted by Gasteiger charge is -2.24. The molecule has 0 radical (unpaired) electrons. The number of pyridine rings is 1. The van der Waals surface area contributed by atoms with Gasteiger partial charge in [-0.1, -0.05) is 37.2 Å². The first-order valence-electron chi connectivity index (χ1n) is 13.5. The Bertz CT molecular complexity index is 1600. The highest BCUT2D eigenvalue weighted by molar-refractivity contribution is 7.22. The van der Waals surface area contributed by atoms with Crippen LogP contribution < -0.4 is 19.1 Å². The summed E-state index contributed by atoms with van der Waals surface area (Å²) in [6.45, 7) is 4.94. The fraction of sp³-hybridized carbons (Fsp3) is 0.290. The number of carbonyl (C=O) groups is 2. The largest absolute Gasteiger partial charge is 0.507 e. The topological polar surface area (TPSA) is 111 Å². The first-order chi connectivity index (χ1) is 20.0. The number of fused-ring (bicyclic) bond motifs is 1. The van der Waals surface area contributed by atoms with Gasteiger partial charge in [-0.05, 0) is 61.4 Å². The zero-order chi connectivity index (χ0) is 28.9. The molecule has 1 fully saturated rings. The number of methoxy groups -OCH3 is 1. The maximum Gasteiger partial charge on any atom is 0.301 e. The van der Waals surface area contributed by atoms with Crippen molar-refractivity contribution in [1.29, 1.82) is 0 Å². The highest BCUT2D eigenvalue weighted by Gasteiger charge is 2.48. The van der Waals surface area contributed by atoms with Crippen molar-refractivity contribution in [3.63, 3.8) is 0 Å². The third kappa shape index (κ3) is 5.60. The number of ketones is 1. The van der Waals surface area contributed by atoms with E-state index in [-0.39, 0.29) is 11.3 Å². The zero-order valence-electron chi connectivity index (χ0n) is 23.1. The van der Waals surface area contributed by atoms with Crippen LogP contribution in [0.3, 0.4) is 0 Å². The van der Waals surface area contributed by atoms with E-state index < -0.39 is 17.7 Å². The molecule has 212 valence electrons. The molecule has 4 aromatic rings. The summed E-state index contributed by atoms with van der Waals surface area (Å²) in [6, 6.07) is 13.0. The number of aliphatic hydroxyl groups is 1. The average Bonchev–Trinajstić information content (AvgIpc) is 3.53. The predicted molar refractivity (Wildman–Crippen MR) is 158 cm³/mol. The van der Waals surface area contributed by atoms with E-state index >= 15 is 0 Å². The number of benzene rings is 2. The maximum atomic E-state index is 13.6. The molecule has 9 nitrogen and oxygen atoms in total. The van der Waals surface area contributed by atoms with E-state index in [0.29, 0.717) is 52.2 Å². The molecule has 1 aliphatic rings. The van der Waals surface area contributed by atoms with Crippen molar-refractivity contribution in [2.24, 2.45) is 0 Å². The molecule has 1 N–H and O–H groups in total. The minimum Gasteiger partial charge on any atom is -0.507 e. The normalized spacial score (nSPS) is 16.4. The standard InChI is InChI=1S/C31H31N3O6S/c1-4-6-7-16-40-23-11-8-20(17-24(23)39-5-2)27-26(28(35)19-12-14-32-15-13-19)29(36)30(37)34(27)31-33-22-10-9-21(38-3)18-25(22)41-31/h8-15,17-18,27,35H,4-7,16H2,1-3H3/b28-26+. The molecule has 1 saturated heterocycles. The van der Waals surface area contributed by atoms with E-state index in [0.717, 1.165) is 24.0 Å². The highest BCUT2D eigenvalue weighted by Crippen LogP contribution is 2.46. The molecule has 1 atom stereocenters. The van der Waals surface area contributed by atoms with Gasteiger partial charge in [0.15, 0.2) is 16.6 Å². The van der Waals surface area contributed by atoms with E-state index in [1.54, 1.807) is 49.6 Å². The van der Waals surface area contributed by atoms with Crippen LogP contribution in [0, 0.1) is 0 Å². The van der Waals surface area contributed by atoms with Gasteiger partial charge >= 0.3 is 5.91 Å². The van der Waals surface area contributed by atoms with Gasteiger partial charge in [0.2, 0.25) is 0 Å². The number of hydrogen-bond donors (Lipinski definition) is 1. The fourth-order valence-corrected chi connectivity index (χ4v) is 5.77. The van der Waals surface area contributed by atoms with Crippen molar-refractivity contribution in [2.45, 2.75) is 39.2 Å². The Morgan fingerprint density at radius 3 is 2.54 bits per heavy atom. The van der Waals surface area contributed by atoms with Gasteiger partial charge in [0.05, 0.1) is 42.2 Å². The van der Waals surface area contributed by atoms with Crippen LogP contribution in [0.4, 0.5) is 5.13 Å². The quantitative estimate of drug-likeness (QED) is 0.0964. The Kier molecular flexibility index (Phi) is 8.49. The monoisotopic (exact) mass is 573 g/mol. The van der Waals surface area contributed by atoms with Gasteiger partial charge in [0.1, 0.15) is 11.5 Å². The number of unbranched alkanes of at least 4 members (excludes halogenated alkanes) is 2. The molecule has 41 heavy (non-hydrogen) atoms. The molecule has 1 unspecified atom stereocenters. The van der Waals surface area contributed by atoms with Crippen LogP contribution in [-0.4, -0.2) is 47.1 Å². The van der Waals surface area contributed by atoms with Crippen LogP contribution in [0.5, 0.6) is 17.2 Å². The summed E-state index contributed by atoms with van der Waals surface area (Å²) in [4.78, 5) is 37.2. The van der Waals surface area contributed by atoms with Crippen LogP contribution in [0.1, 0.15) is 50.3 Å². The van der Waals surface area contributed by atoms with Gasteiger partial charge in [-0.3, -0.25) is 19.5 Å². The van der Waals surface area contributed by atoms with Gasteiger partial charge in [-0.15, -0.1) is 0 Å². The Hall–Kier alpha value is -4.44. The summed E-state index contributed by atoms with van der Waals surface area (Å²) in [5, 5.41) is 11.7. The second-order valence-electron chi connectivity index (χ2n) is 9.43. The third-order valence-corrected chi connectivity index (χ3v) is 7.79. The first kappa shape index (κ1) is 28.1. The zero-order valence-corrected chi connectivity index (χ0v) is 23.9. The average molecular weight is 574 g/mol. The number of aliphatic hydroxyl groups excluding tert-OH is 1. The molecule has 3 heterocycles. The van der Waals surface area contributed by atoms with Crippen LogP contribution in [-0.2, 0) is 9.59 Å². The van der Waals surface area contributed by atoms with Crippen LogP contribution in [0.25, 0.3) is 16.0 Å². The Balaban J connectivity index is 1.65. The smallest absolute Gasteiger partial charge is 0.301 e. The van der Waals surface area contributed by atoms with Crippen molar-refractivity contribution >= 4 is 44.1 Å². The molecule has 0 aliphatic carbocycles. The van der Waals surface area contributed by atoms with Gasteiger partial charge in [0, 0.05) is 18.0 Å². The second kappa shape index (κ2) is 12.4. The molecule has 0 spiro atoms. The highest BCUT2D eigenvalue weighted by atomic mass is 32.1. The molecular formula is C31H31N3O6S. The minimum absolute atomic E-state index is 0.0444. The summed E-state index contributed by atoms with van der Waals surface area (Å²) >= 11 is 1.26. The molecule has 2 aromatic carbocycles. The lowest BCUT2D eigenvalue weighted by molar-refractivity contribution is -0.132. The van der Waals surface area contributed by atoms with Crippen LogP contribution >= 0.6 is 11.3 Å². The molecule has 1 aliphatic heterocycles. The van der Waals surface area contributed by atoms with E-state index in [1.165, 1.54) is 28.6 Å². The van der Waals surface area contributed by atoms with E-state index in [9.17, 15) is 14.7 Å². The van der Waals surface area contributed by atoms with Crippen molar-refractivity contribution in [2.75, 3.05) is 25.2 Å². The molecule has 2 aromatic heterocycles. The lowest BCUT2D eigenvalue weighted by Crippen LogP contribution is -2.29. The molecule has 1 amide bonds. The number of anilines is 1. The number of rotatable bonds is 11. The van der Waals surface area contributed by atoms with E-state index in [4.69, 9.17) is 14.2 Å². The number of carbonyl (C=O) groups excluding carboxylic acids is 2. The predicted octanol–water partition coefficient (Wildman–Crippen LogP) is 6.29. The number of amides is 1. The number of Topliss-reactive ketones (excluding diaryl/α,β-unsaturated/α-hetero) is 1. The number of ether oxygens (including phenoxy) is 3. The number of nitrogens with zero attached hydrogens (tertiary/aromatic N) is 3.